The van der Waals surface area contributed by atoms with E-state index in [0.29, 0.717) is 5.06 Å². The van der Waals surface area contributed by atoms with Gasteiger partial charge in [0.25, 0.3) is 11.8 Å². The monoisotopic (exact) mass is 382 g/mol. The summed E-state index contributed by atoms with van der Waals surface area (Å²) in [5.74, 6) is -2.63. The lowest BCUT2D eigenvalue weighted by atomic mass is 9.95. The second kappa shape index (κ2) is 7.98. The zero-order valence-corrected chi connectivity index (χ0v) is 16.6. The number of carbonyl (C=O) groups excluding carboxylic acids is 6. The highest BCUT2D eigenvalue weighted by Gasteiger charge is 2.39. The first kappa shape index (κ1) is 22.5. The van der Waals surface area contributed by atoms with E-state index in [2.05, 4.69) is 0 Å². The largest absolute Gasteiger partial charge is 0.338 e. The summed E-state index contributed by atoms with van der Waals surface area (Å²) in [4.78, 5) is 72.9. The molecular formula is C18H26N2O7. The maximum Gasteiger partial charge on any atom is 0.338 e. The molecule has 0 saturated carbocycles. The summed E-state index contributed by atoms with van der Waals surface area (Å²) in [6.45, 7) is 10.0. The van der Waals surface area contributed by atoms with Gasteiger partial charge in [0.1, 0.15) is 0 Å². The Balaban J connectivity index is 0.000000271. The Morgan fingerprint density at radius 3 is 1.41 bits per heavy atom. The number of imide groups is 4. The fourth-order valence-corrected chi connectivity index (χ4v) is 2.02. The lowest BCUT2D eigenvalue weighted by Gasteiger charge is -2.22. The van der Waals surface area contributed by atoms with Crippen LogP contribution in [0.5, 0.6) is 0 Å². The second-order valence-electron chi connectivity index (χ2n) is 8.39. The van der Waals surface area contributed by atoms with Gasteiger partial charge in [-0.3, -0.25) is 24.0 Å². The highest BCUT2D eigenvalue weighted by atomic mass is 16.7. The van der Waals surface area contributed by atoms with Crippen LogP contribution in [0.25, 0.3) is 0 Å². The molecule has 0 N–H and O–H groups in total. The standard InChI is InChI=1S/C9H13NO4.C9H13NO3/c1-9(2,3)8(13)14-10-6(11)4-5-7(10)12;1-9(2,3)8(13)10-6(11)4-5-7(10)12/h4-5H2,1-3H3;4-5H2,1-3H3. The van der Waals surface area contributed by atoms with Crippen molar-refractivity contribution in [2.24, 2.45) is 10.8 Å². The molecule has 0 unspecified atom stereocenters. The Bertz CT molecular complexity index is 651. The van der Waals surface area contributed by atoms with Crippen LogP contribution in [0.3, 0.4) is 0 Å². The van der Waals surface area contributed by atoms with Crippen molar-refractivity contribution in [3.63, 3.8) is 0 Å². The van der Waals surface area contributed by atoms with Crippen molar-refractivity contribution in [1.82, 2.24) is 9.96 Å². The van der Waals surface area contributed by atoms with Crippen LogP contribution in [0.1, 0.15) is 67.2 Å². The molecule has 0 spiro atoms. The summed E-state index contributed by atoms with van der Waals surface area (Å²) in [7, 11) is 0. The van der Waals surface area contributed by atoms with Crippen LogP contribution in [0, 0.1) is 10.8 Å². The van der Waals surface area contributed by atoms with E-state index < -0.39 is 34.5 Å². The molecule has 0 aromatic heterocycles. The maximum atomic E-state index is 11.6. The summed E-state index contributed by atoms with van der Waals surface area (Å²) in [6.07, 6.45) is 0.577. The van der Waals surface area contributed by atoms with E-state index in [0.717, 1.165) is 4.90 Å². The lowest BCUT2D eigenvalue weighted by molar-refractivity contribution is -0.203. The van der Waals surface area contributed by atoms with Gasteiger partial charge in [0.2, 0.25) is 17.7 Å². The molecule has 2 heterocycles. The fourth-order valence-electron chi connectivity index (χ4n) is 2.02. The van der Waals surface area contributed by atoms with Gasteiger partial charge in [0.05, 0.1) is 5.41 Å². The molecule has 2 saturated heterocycles. The molecule has 2 rings (SSSR count). The van der Waals surface area contributed by atoms with Gasteiger partial charge in [-0.15, -0.1) is 5.06 Å². The predicted octanol–water partition coefficient (Wildman–Crippen LogP) is 1.35. The van der Waals surface area contributed by atoms with E-state index in [4.69, 9.17) is 4.84 Å². The maximum absolute atomic E-state index is 11.6. The van der Waals surface area contributed by atoms with Gasteiger partial charge in [0, 0.05) is 31.1 Å². The molecule has 0 atom stereocenters. The van der Waals surface area contributed by atoms with E-state index >= 15 is 0 Å². The molecule has 0 aromatic carbocycles. The smallest absolute Gasteiger partial charge is 0.330 e. The molecule has 150 valence electrons. The van der Waals surface area contributed by atoms with Crippen LogP contribution in [0.15, 0.2) is 0 Å². The van der Waals surface area contributed by atoms with E-state index in [1.807, 2.05) is 0 Å². The van der Waals surface area contributed by atoms with Crippen molar-refractivity contribution in [2.75, 3.05) is 0 Å². The normalized spacial score (nSPS) is 17.9. The first-order valence-corrected chi connectivity index (χ1v) is 8.64. The van der Waals surface area contributed by atoms with Crippen LogP contribution in [0.2, 0.25) is 0 Å². The molecule has 27 heavy (non-hydrogen) atoms. The summed E-state index contributed by atoms with van der Waals surface area (Å²) >= 11 is 0. The molecule has 0 radical (unpaired) electrons. The highest BCUT2D eigenvalue weighted by molar-refractivity contribution is 6.16. The quantitative estimate of drug-likeness (QED) is 0.628. The molecule has 2 aliphatic heterocycles. The van der Waals surface area contributed by atoms with Crippen molar-refractivity contribution < 1.29 is 33.6 Å². The van der Waals surface area contributed by atoms with E-state index in [1.165, 1.54) is 0 Å². The van der Waals surface area contributed by atoms with Crippen molar-refractivity contribution in [1.29, 1.82) is 0 Å². The molecule has 0 aliphatic carbocycles. The van der Waals surface area contributed by atoms with Crippen LogP contribution in [0.4, 0.5) is 0 Å². The first-order valence-electron chi connectivity index (χ1n) is 8.64. The minimum atomic E-state index is -0.719. The predicted molar refractivity (Wildman–Crippen MR) is 92.2 cm³/mol. The van der Waals surface area contributed by atoms with Gasteiger partial charge in [-0.2, -0.15) is 0 Å². The van der Waals surface area contributed by atoms with Gasteiger partial charge < -0.3 is 4.84 Å². The van der Waals surface area contributed by atoms with Crippen LogP contribution in [-0.4, -0.2) is 45.5 Å². The van der Waals surface area contributed by atoms with E-state index in [-0.39, 0.29) is 37.5 Å². The molecule has 0 bridgehead atoms. The zero-order valence-electron chi connectivity index (χ0n) is 16.6. The number of amides is 5. The van der Waals surface area contributed by atoms with Crippen molar-refractivity contribution in [3.8, 4) is 0 Å². The molecular weight excluding hydrogens is 356 g/mol. The number of hydrogen-bond acceptors (Lipinski definition) is 7. The van der Waals surface area contributed by atoms with Crippen LogP contribution >= 0.6 is 0 Å². The van der Waals surface area contributed by atoms with Gasteiger partial charge >= 0.3 is 5.97 Å². The molecule has 2 fully saturated rings. The Morgan fingerprint density at radius 2 is 1.07 bits per heavy atom. The number of hydroxylamine groups is 2. The van der Waals surface area contributed by atoms with E-state index in [1.54, 1.807) is 41.5 Å². The summed E-state index contributed by atoms with van der Waals surface area (Å²) in [5.41, 5.74) is -1.39. The lowest BCUT2D eigenvalue weighted by Crippen LogP contribution is -2.42. The number of hydrogen-bond donors (Lipinski definition) is 0. The van der Waals surface area contributed by atoms with Crippen LogP contribution < -0.4 is 0 Å². The summed E-state index contributed by atoms with van der Waals surface area (Å²) in [6, 6.07) is 0. The average Bonchev–Trinajstić information content (AvgIpc) is 3.01. The molecule has 9 nitrogen and oxygen atoms in total. The Labute approximate surface area is 157 Å². The number of likely N-dealkylation sites (tertiary alicyclic amines) is 1. The molecule has 9 heteroatoms. The summed E-state index contributed by atoms with van der Waals surface area (Å²) < 4.78 is 0. The molecule has 2 aliphatic rings. The van der Waals surface area contributed by atoms with Gasteiger partial charge in [-0.25, -0.2) is 9.69 Å². The third-order valence-corrected chi connectivity index (χ3v) is 3.69. The topological polar surface area (TPSA) is 118 Å². The SMILES string of the molecule is CC(C)(C)C(=O)N1C(=O)CCC1=O.CC(C)(C)C(=O)ON1C(=O)CCC1=O. The third kappa shape index (κ3) is 5.70. The number of rotatable bonds is 1. The molecule has 5 amide bonds. The van der Waals surface area contributed by atoms with Gasteiger partial charge in [0.15, 0.2) is 0 Å². The van der Waals surface area contributed by atoms with E-state index in [9.17, 15) is 28.8 Å². The Hall–Kier alpha value is -2.58. The average molecular weight is 382 g/mol. The van der Waals surface area contributed by atoms with Crippen molar-refractivity contribution in [3.05, 3.63) is 0 Å². The van der Waals surface area contributed by atoms with Crippen molar-refractivity contribution in [2.45, 2.75) is 67.2 Å². The van der Waals surface area contributed by atoms with Gasteiger partial charge in [-0.1, -0.05) is 20.8 Å². The highest BCUT2D eigenvalue weighted by Crippen LogP contribution is 2.22. The Morgan fingerprint density at radius 1 is 0.704 bits per heavy atom. The number of carbonyl (C=O) groups is 6. The summed E-state index contributed by atoms with van der Waals surface area (Å²) in [5, 5.41) is 0.563. The minimum absolute atomic E-state index is 0.121. The van der Waals surface area contributed by atoms with Gasteiger partial charge in [-0.05, 0) is 20.8 Å². The molecule has 0 aromatic rings. The Kier molecular flexibility index (Phi) is 6.63. The number of nitrogens with zero attached hydrogens (tertiary/aromatic N) is 2. The zero-order chi connectivity index (χ0) is 21.2. The second-order valence-corrected chi connectivity index (χ2v) is 8.39. The van der Waals surface area contributed by atoms with Crippen LogP contribution in [-0.2, 0) is 33.6 Å². The minimum Gasteiger partial charge on any atom is -0.330 e. The first-order chi connectivity index (χ1) is 12.2. The fraction of sp³-hybridized carbons (Fsp3) is 0.667. The third-order valence-electron chi connectivity index (χ3n) is 3.69. The van der Waals surface area contributed by atoms with Crippen molar-refractivity contribution >= 4 is 35.5 Å².